The highest BCUT2D eigenvalue weighted by atomic mass is 32.1. The predicted molar refractivity (Wildman–Crippen MR) is 103 cm³/mol. The van der Waals surface area contributed by atoms with Crippen molar-refractivity contribution in [2.24, 2.45) is 0 Å². The lowest BCUT2D eigenvalue weighted by molar-refractivity contribution is -0.116. The second kappa shape index (κ2) is 6.53. The van der Waals surface area contributed by atoms with Crippen LogP contribution in [0, 0.1) is 6.92 Å². The number of thiazole rings is 1. The fourth-order valence-corrected chi connectivity index (χ4v) is 3.67. The summed E-state index contributed by atoms with van der Waals surface area (Å²) in [6.07, 6.45) is 0. The summed E-state index contributed by atoms with van der Waals surface area (Å²) >= 11 is 1.44. The van der Waals surface area contributed by atoms with Gasteiger partial charge in [-0.15, -0.1) is 11.3 Å². The fourth-order valence-electron chi connectivity index (χ4n) is 2.93. The Morgan fingerprint density at radius 1 is 1.12 bits per heavy atom. The number of hydrogen-bond donors (Lipinski definition) is 1. The van der Waals surface area contributed by atoms with E-state index in [4.69, 9.17) is 0 Å². The first-order valence-corrected chi connectivity index (χ1v) is 8.94. The van der Waals surface area contributed by atoms with E-state index in [9.17, 15) is 4.79 Å². The first-order chi connectivity index (χ1) is 12.2. The van der Waals surface area contributed by atoms with Gasteiger partial charge in [0.15, 0.2) is 5.13 Å². The molecular weight excluding hydrogens is 330 g/mol. The van der Waals surface area contributed by atoms with Crippen LogP contribution in [0.4, 0.5) is 5.13 Å². The maximum absolute atomic E-state index is 12.5. The third kappa shape index (κ3) is 3.19. The molecule has 0 spiro atoms. The lowest BCUT2D eigenvalue weighted by atomic mass is 10.2. The average Bonchev–Trinajstić information content (AvgIpc) is 3.21. The second-order valence-corrected chi connectivity index (χ2v) is 6.74. The van der Waals surface area contributed by atoms with Crippen molar-refractivity contribution in [3.63, 3.8) is 0 Å². The summed E-state index contributed by atoms with van der Waals surface area (Å²) in [4.78, 5) is 17.0. The van der Waals surface area contributed by atoms with E-state index >= 15 is 0 Å². The van der Waals surface area contributed by atoms with Gasteiger partial charge in [-0.2, -0.15) is 0 Å². The molecule has 4 nitrogen and oxygen atoms in total. The highest BCUT2D eigenvalue weighted by Crippen LogP contribution is 2.25. The zero-order valence-electron chi connectivity index (χ0n) is 13.8. The summed E-state index contributed by atoms with van der Waals surface area (Å²) in [7, 11) is 0. The molecule has 0 radical (unpaired) electrons. The van der Waals surface area contributed by atoms with E-state index in [1.165, 1.54) is 11.3 Å². The van der Waals surface area contributed by atoms with Gasteiger partial charge in [0.2, 0.25) is 5.91 Å². The lowest BCUT2D eigenvalue weighted by Gasteiger charge is -2.07. The van der Waals surface area contributed by atoms with Crippen molar-refractivity contribution >= 4 is 33.3 Å². The Hall–Kier alpha value is -2.92. The maximum Gasteiger partial charge on any atom is 0.246 e. The number of benzene rings is 2. The van der Waals surface area contributed by atoms with Gasteiger partial charge in [-0.05, 0) is 24.4 Å². The van der Waals surface area contributed by atoms with Crippen LogP contribution < -0.4 is 5.32 Å². The minimum Gasteiger partial charge on any atom is -0.335 e. The lowest BCUT2D eigenvalue weighted by Crippen LogP contribution is -2.19. The fraction of sp³-hybridized carbons (Fsp3) is 0.100. The topological polar surface area (TPSA) is 46.9 Å². The van der Waals surface area contributed by atoms with Gasteiger partial charge < -0.3 is 9.88 Å². The van der Waals surface area contributed by atoms with Crippen LogP contribution in [0.3, 0.4) is 0 Å². The predicted octanol–water partition coefficient (Wildman–Crippen LogP) is 4.71. The molecule has 1 N–H and O–H groups in total. The third-order valence-corrected chi connectivity index (χ3v) is 4.90. The monoisotopic (exact) mass is 347 g/mol. The van der Waals surface area contributed by atoms with E-state index in [1.807, 2.05) is 65.4 Å². The number of rotatable bonds is 4. The number of hydrogen-bond acceptors (Lipinski definition) is 3. The van der Waals surface area contributed by atoms with E-state index in [1.54, 1.807) is 0 Å². The van der Waals surface area contributed by atoms with Gasteiger partial charge in [0.1, 0.15) is 6.54 Å². The Morgan fingerprint density at radius 2 is 1.88 bits per heavy atom. The number of fused-ring (bicyclic) bond motifs is 1. The molecule has 124 valence electrons. The molecule has 5 heteroatoms. The van der Waals surface area contributed by atoms with Crippen molar-refractivity contribution in [2.45, 2.75) is 13.5 Å². The van der Waals surface area contributed by atoms with Crippen LogP contribution in [0.5, 0.6) is 0 Å². The maximum atomic E-state index is 12.5. The molecule has 0 bridgehead atoms. The molecule has 0 saturated heterocycles. The minimum absolute atomic E-state index is 0.0709. The molecule has 0 aliphatic rings. The molecule has 1 amide bonds. The quantitative estimate of drug-likeness (QED) is 0.581. The van der Waals surface area contributed by atoms with Crippen molar-refractivity contribution in [3.8, 4) is 11.3 Å². The molecule has 2 aromatic carbocycles. The van der Waals surface area contributed by atoms with Gasteiger partial charge in [-0.25, -0.2) is 4.98 Å². The first-order valence-electron chi connectivity index (χ1n) is 8.06. The Kier molecular flexibility index (Phi) is 4.07. The van der Waals surface area contributed by atoms with Gasteiger partial charge in [-0.1, -0.05) is 48.5 Å². The van der Waals surface area contributed by atoms with Crippen LogP contribution in [0.15, 0.2) is 66.0 Å². The normalized spacial score (nSPS) is 10.9. The number of nitrogens with one attached hydrogen (secondary N) is 1. The second-order valence-electron chi connectivity index (χ2n) is 5.88. The Balaban J connectivity index is 1.51. The Bertz CT molecular complexity index is 1030. The summed E-state index contributed by atoms with van der Waals surface area (Å²) in [5, 5.41) is 6.64. The molecule has 0 atom stereocenters. The average molecular weight is 347 g/mol. The zero-order valence-corrected chi connectivity index (χ0v) is 14.6. The molecule has 4 rings (SSSR count). The van der Waals surface area contributed by atoms with Crippen molar-refractivity contribution < 1.29 is 4.79 Å². The van der Waals surface area contributed by atoms with Crippen LogP contribution in [0.1, 0.15) is 5.69 Å². The SMILES string of the molecule is Cc1cc2ccccc2n1CC(=O)Nc1nc(-c2ccccc2)cs1. The largest absolute Gasteiger partial charge is 0.335 e. The smallest absolute Gasteiger partial charge is 0.246 e. The van der Waals surface area contributed by atoms with Crippen molar-refractivity contribution in [1.82, 2.24) is 9.55 Å². The summed E-state index contributed by atoms with van der Waals surface area (Å²) in [5.41, 5.74) is 4.06. The number of para-hydroxylation sites is 1. The standard InChI is InChI=1S/C20H17N3OS/c1-14-11-16-9-5-6-10-18(16)23(14)12-19(24)22-20-21-17(13-25-20)15-7-3-2-4-8-15/h2-11,13H,12H2,1H3,(H,21,22,24). The van der Waals surface area contributed by atoms with Crippen molar-refractivity contribution in [1.29, 1.82) is 0 Å². The van der Waals surface area contributed by atoms with Gasteiger partial charge in [0.25, 0.3) is 0 Å². The Labute approximate surface area is 149 Å². The third-order valence-electron chi connectivity index (χ3n) is 4.14. The summed E-state index contributed by atoms with van der Waals surface area (Å²) in [6, 6.07) is 20.1. The highest BCUT2D eigenvalue weighted by Gasteiger charge is 2.11. The molecule has 4 aromatic rings. The summed E-state index contributed by atoms with van der Waals surface area (Å²) in [6.45, 7) is 2.30. The van der Waals surface area contributed by atoms with E-state index in [2.05, 4.69) is 22.4 Å². The zero-order chi connectivity index (χ0) is 17.2. The van der Waals surface area contributed by atoms with Crippen molar-refractivity contribution in [3.05, 3.63) is 71.7 Å². The molecule has 0 unspecified atom stereocenters. The molecule has 0 saturated carbocycles. The Morgan fingerprint density at radius 3 is 2.72 bits per heavy atom. The van der Waals surface area contributed by atoms with Crippen LogP contribution in [0.25, 0.3) is 22.2 Å². The van der Waals surface area contributed by atoms with Crippen LogP contribution in [0.2, 0.25) is 0 Å². The summed E-state index contributed by atoms with van der Waals surface area (Å²) < 4.78 is 2.02. The number of aromatic nitrogens is 2. The molecule has 2 heterocycles. The number of amides is 1. The first kappa shape index (κ1) is 15.6. The van der Waals surface area contributed by atoms with Gasteiger partial charge in [0, 0.05) is 22.2 Å². The van der Waals surface area contributed by atoms with Crippen LogP contribution in [-0.2, 0) is 11.3 Å². The molecule has 0 aliphatic heterocycles. The minimum atomic E-state index is -0.0709. The number of nitrogens with zero attached hydrogens (tertiary/aromatic N) is 2. The molecular formula is C20H17N3OS. The van der Waals surface area contributed by atoms with Crippen LogP contribution in [-0.4, -0.2) is 15.5 Å². The highest BCUT2D eigenvalue weighted by molar-refractivity contribution is 7.14. The number of carbonyl (C=O) groups excluding carboxylic acids is 1. The molecule has 2 aromatic heterocycles. The number of aryl methyl sites for hydroxylation is 1. The summed E-state index contributed by atoms with van der Waals surface area (Å²) in [5.74, 6) is -0.0709. The van der Waals surface area contributed by atoms with E-state index in [0.29, 0.717) is 5.13 Å². The van der Waals surface area contributed by atoms with Crippen LogP contribution >= 0.6 is 11.3 Å². The van der Waals surface area contributed by atoms with E-state index < -0.39 is 0 Å². The molecule has 0 aliphatic carbocycles. The van der Waals surface area contributed by atoms with Crippen molar-refractivity contribution in [2.75, 3.05) is 5.32 Å². The molecule has 25 heavy (non-hydrogen) atoms. The van der Waals surface area contributed by atoms with E-state index in [-0.39, 0.29) is 12.5 Å². The van der Waals surface area contributed by atoms with Gasteiger partial charge in [0.05, 0.1) is 5.69 Å². The number of anilines is 1. The number of carbonyl (C=O) groups is 1. The van der Waals surface area contributed by atoms with Gasteiger partial charge >= 0.3 is 0 Å². The molecule has 0 fully saturated rings. The van der Waals surface area contributed by atoms with E-state index in [0.717, 1.165) is 27.9 Å². The van der Waals surface area contributed by atoms with Gasteiger partial charge in [-0.3, -0.25) is 4.79 Å².